The lowest BCUT2D eigenvalue weighted by atomic mass is 10.0. The van der Waals surface area contributed by atoms with Crippen LogP contribution in [0.3, 0.4) is 0 Å². The van der Waals surface area contributed by atoms with Crippen molar-refractivity contribution >= 4 is 29.1 Å². The minimum atomic E-state index is 0.0251. The van der Waals surface area contributed by atoms with E-state index in [-0.39, 0.29) is 11.4 Å². The van der Waals surface area contributed by atoms with Gasteiger partial charge in [-0.25, -0.2) is 0 Å². The van der Waals surface area contributed by atoms with Crippen molar-refractivity contribution in [1.82, 2.24) is 9.80 Å². The predicted molar refractivity (Wildman–Crippen MR) is 83.7 cm³/mol. The van der Waals surface area contributed by atoms with Gasteiger partial charge in [0.25, 0.3) is 5.91 Å². The fraction of sp³-hybridized carbons (Fsp3) is 0.533. The Hall–Kier alpha value is -0.770. The van der Waals surface area contributed by atoms with Gasteiger partial charge >= 0.3 is 0 Å². The van der Waals surface area contributed by atoms with Gasteiger partial charge in [-0.15, -0.1) is 0 Å². The smallest absolute Gasteiger partial charge is 0.253 e. The van der Waals surface area contributed by atoms with Crippen molar-refractivity contribution in [3.8, 4) is 0 Å². The van der Waals surface area contributed by atoms with E-state index in [1.165, 1.54) is 0 Å². The van der Waals surface area contributed by atoms with Crippen LogP contribution in [0.2, 0.25) is 10.0 Å². The standard InChI is InChI=1S/C15H20Cl2N2O/c1-15(2,3)19-8-6-18(7-9-19)14(20)11-4-5-12(16)13(17)10-11/h4-5,10H,6-9H2,1-3H3. The van der Waals surface area contributed by atoms with Crippen molar-refractivity contribution in [2.45, 2.75) is 26.3 Å². The second-order valence-electron chi connectivity index (χ2n) is 6.08. The molecule has 0 unspecified atom stereocenters. The van der Waals surface area contributed by atoms with E-state index in [2.05, 4.69) is 25.7 Å². The van der Waals surface area contributed by atoms with E-state index < -0.39 is 0 Å². The maximum absolute atomic E-state index is 12.4. The molecule has 5 heteroatoms. The molecule has 0 atom stereocenters. The van der Waals surface area contributed by atoms with Crippen molar-refractivity contribution in [1.29, 1.82) is 0 Å². The van der Waals surface area contributed by atoms with Crippen LogP contribution in [-0.2, 0) is 0 Å². The Morgan fingerprint density at radius 2 is 1.65 bits per heavy atom. The summed E-state index contributed by atoms with van der Waals surface area (Å²) in [6.07, 6.45) is 0. The number of carbonyl (C=O) groups is 1. The summed E-state index contributed by atoms with van der Waals surface area (Å²) in [4.78, 5) is 16.7. The molecule has 2 rings (SSSR count). The quantitative estimate of drug-likeness (QED) is 0.791. The first-order chi connectivity index (χ1) is 9.29. The van der Waals surface area contributed by atoms with Gasteiger partial charge in [-0.2, -0.15) is 0 Å². The molecule has 110 valence electrons. The summed E-state index contributed by atoms with van der Waals surface area (Å²) in [5, 5.41) is 0.895. The van der Waals surface area contributed by atoms with Crippen LogP contribution in [0.4, 0.5) is 0 Å². The molecule has 1 aromatic rings. The van der Waals surface area contributed by atoms with Crippen molar-refractivity contribution < 1.29 is 4.79 Å². The van der Waals surface area contributed by atoms with Crippen LogP contribution in [0, 0.1) is 0 Å². The van der Waals surface area contributed by atoms with Crippen LogP contribution in [0.25, 0.3) is 0 Å². The summed E-state index contributed by atoms with van der Waals surface area (Å²) in [6, 6.07) is 5.04. The van der Waals surface area contributed by atoms with E-state index in [1.54, 1.807) is 18.2 Å². The highest BCUT2D eigenvalue weighted by atomic mass is 35.5. The number of carbonyl (C=O) groups excluding carboxylic acids is 1. The molecule has 0 radical (unpaired) electrons. The number of rotatable bonds is 1. The van der Waals surface area contributed by atoms with Gasteiger partial charge in [-0.05, 0) is 39.0 Å². The molecule has 1 amide bonds. The summed E-state index contributed by atoms with van der Waals surface area (Å²) in [7, 11) is 0. The molecule has 1 saturated heterocycles. The topological polar surface area (TPSA) is 23.6 Å². The van der Waals surface area contributed by atoms with Gasteiger partial charge in [0.05, 0.1) is 10.0 Å². The van der Waals surface area contributed by atoms with Crippen molar-refractivity contribution in [3.05, 3.63) is 33.8 Å². The summed E-state index contributed by atoms with van der Waals surface area (Å²) >= 11 is 11.8. The van der Waals surface area contributed by atoms with Gasteiger partial charge in [0, 0.05) is 37.3 Å². The number of amides is 1. The number of hydrogen-bond acceptors (Lipinski definition) is 2. The Bertz CT molecular complexity index is 503. The average Bonchev–Trinajstić information content (AvgIpc) is 2.40. The summed E-state index contributed by atoms with van der Waals surface area (Å²) in [6.45, 7) is 9.89. The lowest BCUT2D eigenvalue weighted by Gasteiger charge is -2.42. The van der Waals surface area contributed by atoms with Crippen LogP contribution in [0.5, 0.6) is 0 Å². The highest BCUT2D eigenvalue weighted by Crippen LogP contribution is 2.24. The van der Waals surface area contributed by atoms with E-state index in [0.717, 1.165) is 26.2 Å². The highest BCUT2D eigenvalue weighted by molar-refractivity contribution is 6.42. The predicted octanol–water partition coefficient (Wildman–Crippen LogP) is 3.55. The Labute approximate surface area is 130 Å². The van der Waals surface area contributed by atoms with Gasteiger partial charge in [-0.3, -0.25) is 9.69 Å². The lowest BCUT2D eigenvalue weighted by molar-refractivity contribution is 0.0451. The van der Waals surface area contributed by atoms with Crippen molar-refractivity contribution in [2.24, 2.45) is 0 Å². The molecular weight excluding hydrogens is 295 g/mol. The second kappa shape index (κ2) is 5.92. The molecule has 0 aliphatic carbocycles. The van der Waals surface area contributed by atoms with E-state index in [1.807, 2.05) is 4.90 Å². The Balaban J connectivity index is 2.03. The van der Waals surface area contributed by atoms with Gasteiger partial charge in [0.1, 0.15) is 0 Å². The van der Waals surface area contributed by atoms with E-state index in [9.17, 15) is 4.79 Å². The zero-order valence-corrected chi connectivity index (χ0v) is 13.6. The third-order valence-electron chi connectivity index (χ3n) is 3.68. The average molecular weight is 315 g/mol. The zero-order valence-electron chi connectivity index (χ0n) is 12.1. The summed E-state index contributed by atoms with van der Waals surface area (Å²) < 4.78 is 0. The monoisotopic (exact) mass is 314 g/mol. The third-order valence-corrected chi connectivity index (χ3v) is 4.42. The molecule has 0 spiro atoms. The first-order valence-electron chi connectivity index (χ1n) is 6.78. The number of hydrogen-bond donors (Lipinski definition) is 0. The number of nitrogens with zero attached hydrogens (tertiary/aromatic N) is 2. The molecule has 0 bridgehead atoms. The van der Waals surface area contributed by atoms with Gasteiger partial charge < -0.3 is 4.90 Å². The molecule has 3 nitrogen and oxygen atoms in total. The van der Waals surface area contributed by atoms with Gasteiger partial charge in [-0.1, -0.05) is 23.2 Å². The van der Waals surface area contributed by atoms with Crippen LogP contribution in [0.15, 0.2) is 18.2 Å². The molecule has 1 fully saturated rings. The fourth-order valence-corrected chi connectivity index (χ4v) is 2.69. The number of piperazine rings is 1. The lowest BCUT2D eigenvalue weighted by Crippen LogP contribution is -2.54. The molecule has 1 heterocycles. The van der Waals surface area contributed by atoms with Crippen LogP contribution in [0.1, 0.15) is 31.1 Å². The Morgan fingerprint density at radius 1 is 1.05 bits per heavy atom. The first-order valence-corrected chi connectivity index (χ1v) is 7.54. The molecule has 1 aliphatic rings. The third kappa shape index (κ3) is 3.46. The number of benzene rings is 1. The van der Waals surface area contributed by atoms with Crippen LogP contribution < -0.4 is 0 Å². The van der Waals surface area contributed by atoms with Gasteiger partial charge in [0.2, 0.25) is 0 Å². The highest BCUT2D eigenvalue weighted by Gasteiger charge is 2.28. The molecule has 0 N–H and O–H groups in total. The second-order valence-corrected chi connectivity index (χ2v) is 6.89. The molecule has 1 aliphatic heterocycles. The van der Waals surface area contributed by atoms with E-state index >= 15 is 0 Å². The minimum Gasteiger partial charge on any atom is -0.336 e. The van der Waals surface area contributed by atoms with E-state index in [4.69, 9.17) is 23.2 Å². The van der Waals surface area contributed by atoms with E-state index in [0.29, 0.717) is 15.6 Å². The summed E-state index contributed by atoms with van der Waals surface area (Å²) in [5.74, 6) is 0.0251. The molecular formula is C15H20Cl2N2O. The Morgan fingerprint density at radius 3 is 2.15 bits per heavy atom. The number of halogens is 2. The Kier molecular flexibility index (Phi) is 4.62. The maximum Gasteiger partial charge on any atom is 0.253 e. The fourth-order valence-electron chi connectivity index (χ4n) is 2.39. The SMILES string of the molecule is CC(C)(C)N1CCN(C(=O)c2ccc(Cl)c(Cl)c2)CC1. The van der Waals surface area contributed by atoms with Crippen LogP contribution in [-0.4, -0.2) is 47.4 Å². The van der Waals surface area contributed by atoms with Crippen molar-refractivity contribution in [3.63, 3.8) is 0 Å². The maximum atomic E-state index is 12.4. The molecule has 20 heavy (non-hydrogen) atoms. The minimum absolute atomic E-state index is 0.0251. The summed E-state index contributed by atoms with van der Waals surface area (Å²) in [5.41, 5.74) is 0.752. The molecule has 0 saturated carbocycles. The zero-order chi connectivity index (χ0) is 14.9. The van der Waals surface area contributed by atoms with Crippen molar-refractivity contribution in [2.75, 3.05) is 26.2 Å². The van der Waals surface area contributed by atoms with Crippen LogP contribution >= 0.6 is 23.2 Å². The largest absolute Gasteiger partial charge is 0.336 e. The first kappa shape index (κ1) is 15.6. The van der Waals surface area contributed by atoms with Gasteiger partial charge in [0.15, 0.2) is 0 Å². The normalized spacial score (nSPS) is 17.4. The molecule has 1 aromatic carbocycles. The molecule has 0 aromatic heterocycles.